The summed E-state index contributed by atoms with van der Waals surface area (Å²) >= 11 is 0. The first-order chi connectivity index (χ1) is 18.0. The molecule has 1 aromatic heterocycles. The Morgan fingerprint density at radius 3 is 2.38 bits per heavy atom. The van der Waals surface area contributed by atoms with Crippen molar-refractivity contribution in [1.29, 1.82) is 0 Å². The van der Waals surface area contributed by atoms with E-state index in [1.807, 2.05) is 18.2 Å². The number of ether oxygens (including phenoxy) is 5. The Kier molecular flexibility index (Phi) is 6.72. The highest BCUT2D eigenvalue weighted by molar-refractivity contribution is 5.87. The molecular weight excluding hydrogens is 476 g/mol. The van der Waals surface area contributed by atoms with Crippen LogP contribution in [0.25, 0.3) is 22.1 Å². The average molecular weight is 503 g/mol. The molecule has 0 saturated carbocycles. The van der Waals surface area contributed by atoms with Gasteiger partial charge in [-0.25, -0.2) is 0 Å². The number of benzene rings is 3. The van der Waals surface area contributed by atoms with E-state index in [0.717, 1.165) is 5.56 Å². The molecule has 37 heavy (non-hydrogen) atoms. The molecule has 5 rings (SSSR count). The third-order valence-electron chi connectivity index (χ3n) is 6.48. The van der Waals surface area contributed by atoms with Crippen LogP contribution in [0.1, 0.15) is 23.5 Å². The Labute approximate surface area is 213 Å². The second-order valence-corrected chi connectivity index (χ2v) is 8.50. The van der Waals surface area contributed by atoms with Crippen molar-refractivity contribution < 1.29 is 32.9 Å². The normalized spacial score (nSPS) is 13.2. The SMILES string of the molecule is COC(=O)C[C@@H](c1ccc2c(c1)OCCO2)c1c(OC)ccc2c(=O)c(-c3ccc(OC)cc3)coc12. The minimum absolute atomic E-state index is 0.00441. The zero-order chi connectivity index (χ0) is 25.9. The van der Waals surface area contributed by atoms with Crippen LogP contribution in [0.4, 0.5) is 0 Å². The van der Waals surface area contributed by atoms with E-state index in [-0.39, 0.29) is 11.8 Å². The van der Waals surface area contributed by atoms with E-state index in [9.17, 15) is 9.59 Å². The van der Waals surface area contributed by atoms with Crippen LogP contribution in [-0.2, 0) is 9.53 Å². The molecule has 8 heteroatoms. The van der Waals surface area contributed by atoms with Gasteiger partial charge in [0.05, 0.1) is 38.7 Å². The van der Waals surface area contributed by atoms with Gasteiger partial charge in [0.15, 0.2) is 11.5 Å². The predicted octanol–water partition coefficient (Wildman–Crippen LogP) is 4.94. The van der Waals surface area contributed by atoms with Gasteiger partial charge < -0.3 is 28.1 Å². The summed E-state index contributed by atoms with van der Waals surface area (Å²) in [5.41, 5.74) is 2.59. The van der Waals surface area contributed by atoms with Crippen molar-refractivity contribution in [3.63, 3.8) is 0 Å². The van der Waals surface area contributed by atoms with Crippen molar-refractivity contribution in [3.8, 4) is 34.1 Å². The van der Waals surface area contributed by atoms with Gasteiger partial charge in [-0.05, 0) is 47.5 Å². The molecule has 0 saturated heterocycles. The third-order valence-corrected chi connectivity index (χ3v) is 6.48. The summed E-state index contributed by atoms with van der Waals surface area (Å²) in [4.78, 5) is 26.1. The van der Waals surface area contributed by atoms with Gasteiger partial charge in [-0.1, -0.05) is 18.2 Å². The molecule has 1 aliphatic rings. The molecule has 0 aliphatic carbocycles. The fraction of sp³-hybridized carbons (Fsp3) is 0.241. The summed E-state index contributed by atoms with van der Waals surface area (Å²) in [6.45, 7) is 0.898. The van der Waals surface area contributed by atoms with Crippen LogP contribution in [0.5, 0.6) is 23.0 Å². The molecule has 0 radical (unpaired) electrons. The topological polar surface area (TPSA) is 93.4 Å². The van der Waals surface area contributed by atoms with Crippen molar-refractivity contribution in [1.82, 2.24) is 0 Å². The van der Waals surface area contributed by atoms with Gasteiger partial charge in [0.25, 0.3) is 0 Å². The van der Waals surface area contributed by atoms with Crippen LogP contribution in [-0.4, -0.2) is 40.5 Å². The van der Waals surface area contributed by atoms with Crippen LogP contribution in [0.15, 0.2) is 70.1 Å². The fourth-order valence-corrected chi connectivity index (χ4v) is 4.59. The first kappa shape index (κ1) is 24.2. The Morgan fingerprint density at radius 2 is 1.68 bits per heavy atom. The van der Waals surface area contributed by atoms with Gasteiger partial charge in [-0.2, -0.15) is 0 Å². The predicted molar refractivity (Wildman–Crippen MR) is 137 cm³/mol. The molecular formula is C29H26O8. The van der Waals surface area contributed by atoms with E-state index < -0.39 is 11.9 Å². The zero-order valence-corrected chi connectivity index (χ0v) is 20.7. The van der Waals surface area contributed by atoms with Gasteiger partial charge in [0.2, 0.25) is 5.43 Å². The van der Waals surface area contributed by atoms with Gasteiger partial charge in [-0.3, -0.25) is 9.59 Å². The molecule has 0 N–H and O–H groups in total. The quantitative estimate of drug-likeness (QED) is 0.328. The first-order valence-electron chi connectivity index (χ1n) is 11.8. The number of rotatable bonds is 7. The second kappa shape index (κ2) is 10.3. The molecule has 0 fully saturated rings. The lowest BCUT2D eigenvalue weighted by molar-refractivity contribution is -0.140. The highest BCUT2D eigenvalue weighted by Crippen LogP contribution is 2.42. The van der Waals surface area contributed by atoms with E-state index in [1.54, 1.807) is 43.5 Å². The van der Waals surface area contributed by atoms with Crippen molar-refractivity contribution >= 4 is 16.9 Å². The van der Waals surface area contributed by atoms with Crippen molar-refractivity contribution in [2.24, 2.45) is 0 Å². The lowest BCUT2D eigenvalue weighted by atomic mass is 9.86. The third kappa shape index (κ3) is 4.58. The molecule has 4 aromatic rings. The molecule has 1 aliphatic heterocycles. The van der Waals surface area contributed by atoms with E-state index in [0.29, 0.717) is 63.9 Å². The highest BCUT2D eigenvalue weighted by Gasteiger charge is 2.28. The lowest BCUT2D eigenvalue weighted by Gasteiger charge is -2.23. The number of carbonyl (C=O) groups excluding carboxylic acids is 1. The van der Waals surface area contributed by atoms with Gasteiger partial charge >= 0.3 is 5.97 Å². The molecule has 0 unspecified atom stereocenters. The molecule has 0 bridgehead atoms. The summed E-state index contributed by atoms with van der Waals surface area (Å²) in [5, 5.41) is 0.372. The summed E-state index contributed by atoms with van der Waals surface area (Å²) in [5.74, 6) is 1.42. The fourth-order valence-electron chi connectivity index (χ4n) is 4.59. The van der Waals surface area contributed by atoms with E-state index in [4.69, 9.17) is 28.1 Å². The second-order valence-electron chi connectivity index (χ2n) is 8.50. The van der Waals surface area contributed by atoms with Crippen LogP contribution in [0, 0.1) is 0 Å². The minimum Gasteiger partial charge on any atom is -0.497 e. The number of esters is 1. The van der Waals surface area contributed by atoms with Crippen molar-refractivity contribution in [2.45, 2.75) is 12.3 Å². The van der Waals surface area contributed by atoms with E-state index in [1.165, 1.54) is 20.5 Å². The molecule has 8 nitrogen and oxygen atoms in total. The zero-order valence-electron chi connectivity index (χ0n) is 20.7. The maximum absolute atomic E-state index is 13.6. The molecule has 0 spiro atoms. The summed E-state index contributed by atoms with van der Waals surface area (Å²) in [6.07, 6.45) is 1.43. The number of methoxy groups -OCH3 is 3. The Morgan fingerprint density at radius 1 is 0.919 bits per heavy atom. The minimum atomic E-state index is -0.545. The van der Waals surface area contributed by atoms with Gasteiger partial charge in [-0.15, -0.1) is 0 Å². The molecule has 1 atom stereocenters. The van der Waals surface area contributed by atoms with Crippen LogP contribution < -0.4 is 24.4 Å². The highest BCUT2D eigenvalue weighted by atomic mass is 16.6. The van der Waals surface area contributed by atoms with Crippen molar-refractivity contribution in [2.75, 3.05) is 34.5 Å². The Bertz CT molecular complexity index is 1500. The summed E-state index contributed by atoms with van der Waals surface area (Å²) in [6, 6.07) is 16.1. The number of hydrogen-bond acceptors (Lipinski definition) is 8. The van der Waals surface area contributed by atoms with Crippen LogP contribution in [0.2, 0.25) is 0 Å². The molecule has 3 aromatic carbocycles. The monoisotopic (exact) mass is 502 g/mol. The van der Waals surface area contributed by atoms with E-state index >= 15 is 0 Å². The standard InChI is InChI=1S/C29H26O8/c1-32-19-7-4-17(5-8-19)22-16-37-29-20(28(22)31)9-11-24(33-2)27(29)21(15-26(30)34-3)18-6-10-23-25(14-18)36-13-12-35-23/h4-11,14,16,21H,12-13,15H2,1-3H3/t21-/m0/s1. The number of carbonyl (C=O) groups is 1. The van der Waals surface area contributed by atoms with E-state index in [2.05, 4.69) is 0 Å². The average Bonchev–Trinajstić information content (AvgIpc) is 2.95. The van der Waals surface area contributed by atoms with Crippen LogP contribution >= 0.6 is 0 Å². The Balaban J connectivity index is 1.69. The summed E-state index contributed by atoms with van der Waals surface area (Å²) < 4.78 is 33.5. The largest absolute Gasteiger partial charge is 0.497 e. The van der Waals surface area contributed by atoms with Crippen molar-refractivity contribution in [3.05, 3.63) is 82.2 Å². The maximum Gasteiger partial charge on any atom is 0.306 e. The van der Waals surface area contributed by atoms with Gasteiger partial charge in [0.1, 0.15) is 36.6 Å². The number of hydrogen-bond donors (Lipinski definition) is 0. The van der Waals surface area contributed by atoms with Crippen LogP contribution in [0.3, 0.4) is 0 Å². The van der Waals surface area contributed by atoms with Gasteiger partial charge in [0, 0.05) is 11.5 Å². The Hall–Kier alpha value is -4.46. The first-order valence-corrected chi connectivity index (χ1v) is 11.8. The number of fused-ring (bicyclic) bond motifs is 2. The smallest absolute Gasteiger partial charge is 0.306 e. The molecule has 0 amide bonds. The maximum atomic E-state index is 13.6. The lowest BCUT2D eigenvalue weighted by Crippen LogP contribution is -2.17. The molecule has 2 heterocycles. The molecule has 190 valence electrons. The summed E-state index contributed by atoms with van der Waals surface area (Å²) in [7, 11) is 4.46.